The number of ether oxygens (including phenoxy) is 1. The molecule has 0 unspecified atom stereocenters. The minimum absolute atomic E-state index is 0.0859. The Morgan fingerprint density at radius 2 is 1.83 bits per heavy atom. The van der Waals surface area contributed by atoms with Gasteiger partial charge in [0.1, 0.15) is 6.04 Å². The predicted octanol–water partition coefficient (Wildman–Crippen LogP) is 1.62. The molecule has 0 radical (unpaired) electrons. The first kappa shape index (κ1) is 23.4. The lowest BCUT2D eigenvalue weighted by Crippen LogP contribution is -2.52. The maximum atomic E-state index is 13.1. The van der Waals surface area contributed by atoms with Crippen LogP contribution in [0.1, 0.15) is 38.5 Å². The number of rotatable bonds is 6. The first-order chi connectivity index (χ1) is 14.2. The Balaban J connectivity index is 1.74. The zero-order chi connectivity index (χ0) is 21.9. The van der Waals surface area contributed by atoms with Crippen molar-refractivity contribution in [3.8, 4) is 0 Å². The van der Waals surface area contributed by atoms with Crippen molar-refractivity contribution in [2.75, 3.05) is 13.7 Å². The van der Waals surface area contributed by atoms with E-state index in [1.54, 1.807) is 12.1 Å². The summed E-state index contributed by atoms with van der Waals surface area (Å²) in [6, 6.07) is 4.34. The molecule has 30 heavy (non-hydrogen) atoms. The van der Waals surface area contributed by atoms with E-state index in [9.17, 15) is 18.0 Å². The van der Waals surface area contributed by atoms with Gasteiger partial charge < -0.3 is 15.4 Å². The third-order valence-electron chi connectivity index (χ3n) is 5.95. The molecular weight excluding hydrogens is 521 g/mol. The van der Waals surface area contributed by atoms with E-state index in [1.807, 2.05) is 0 Å². The lowest BCUT2D eigenvalue weighted by Gasteiger charge is -2.31. The highest BCUT2D eigenvalue weighted by Gasteiger charge is 2.44. The van der Waals surface area contributed by atoms with E-state index in [0.717, 1.165) is 35.7 Å². The topological polar surface area (TPSA) is 119 Å². The molecule has 3 N–H and O–H groups in total. The summed E-state index contributed by atoms with van der Waals surface area (Å²) in [5.41, 5.74) is 6.27. The lowest BCUT2D eigenvalue weighted by atomic mass is 9.83. The molecule has 8 nitrogen and oxygen atoms in total. The van der Waals surface area contributed by atoms with E-state index in [4.69, 9.17) is 10.5 Å². The van der Waals surface area contributed by atoms with Crippen molar-refractivity contribution in [2.24, 2.45) is 11.7 Å². The number of carbonyl (C=O) groups excluding carboxylic acids is 2. The zero-order valence-corrected chi connectivity index (χ0v) is 19.9. The number of halogens is 1. The van der Waals surface area contributed by atoms with Crippen molar-refractivity contribution in [3.63, 3.8) is 0 Å². The molecule has 1 heterocycles. The molecule has 3 atom stereocenters. The van der Waals surface area contributed by atoms with Crippen LogP contribution < -0.4 is 10.5 Å². The van der Waals surface area contributed by atoms with E-state index >= 15 is 0 Å². The highest BCUT2D eigenvalue weighted by Crippen LogP contribution is 2.29. The Morgan fingerprint density at radius 3 is 2.43 bits per heavy atom. The molecule has 1 aromatic carbocycles. The quantitative estimate of drug-likeness (QED) is 0.412. The molecule has 166 valence electrons. The van der Waals surface area contributed by atoms with Gasteiger partial charge in [-0.1, -0.05) is 19.3 Å². The monoisotopic (exact) mass is 549 g/mol. The number of likely N-dealkylation sites (tertiary alicyclic amines) is 1. The number of methoxy groups -OCH3 is 1. The average molecular weight is 549 g/mol. The molecule has 1 saturated heterocycles. The lowest BCUT2D eigenvalue weighted by molar-refractivity contribution is -0.151. The van der Waals surface area contributed by atoms with E-state index in [0.29, 0.717) is 0 Å². The molecule has 2 fully saturated rings. The van der Waals surface area contributed by atoms with Gasteiger partial charge in [0.25, 0.3) is 0 Å². The molecule has 1 aliphatic carbocycles. The average Bonchev–Trinajstić information content (AvgIpc) is 3.16. The molecule has 0 aromatic heterocycles. The van der Waals surface area contributed by atoms with Gasteiger partial charge >= 0.3 is 5.97 Å². The third kappa shape index (κ3) is 5.32. The van der Waals surface area contributed by atoms with Gasteiger partial charge in [-0.15, -0.1) is 0 Å². The molecule has 2 aliphatic rings. The number of nitrogens with one attached hydrogen (secondary N) is 1. The van der Waals surface area contributed by atoms with Gasteiger partial charge in [0.15, 0.2) is 0 Å². The van der Waals surface area contributed by atoms with Crippen LogP contribution in [0.25, 0.3) is 0 Å². The summed E-state index contributed by atoms with van der Waals surface area (Å²) < 4.78 is 33.9. The van der Waals surface area contributed by atoms with E-state index < -0.39 is 34.1 Å². The van der Waals surface area contributed by atoms with Crippen molar-refractivity contribution >= 4 is 44.5 Å². The summed E-state index contributed by atoms with van der Waals surface area (Å²) in [4.78, 5) is 27.0. The molecule has 10 heteroatoms. The minimum atomic E-state index is -3.78. The van der Waals surface area contributed by atoms with Gasteiger partial charge in [0.05, 0.1) is 18.0 Å². The second-order valence-corrected chi connectivity index (χ2v) is 10.9. The molecule has 0 spiro atoms. The summed E-state index contributed by atoms with van der Waals surface area (Å²) >= 11 is 2.10. The van der Waals surface area contributed by atoms with Crippen LogP contribution in [0.3, 0.4) is 0 Å². The number of hydrogen-bond acceptors (Lipinski definition) is 6. The number of nitrogens with zero attached hydrogens (tertiary/aromatic N) is 1. The minimum Gasteiger partial charge on any atom is -0.467 e. The molecule has 3 rings (SSSR count). The van der Waals surface area contributed by atoms with Gasteiger partial charge in [-0.05, 0) is 72.0 Å². The number of benzene rings is 1. The number of esters is 1. The Bertz CT molecular complexity index is 871. The summed E-state index contributed by atoms with van der Waals surface area (Å²) in [5, 5.41) is 0. The molecule has 1 saturated carbocycles. The van der Waals surface area contributed by atoms with E-state index in [2.05, 4.69) is 27.3 Å². The van der Waals surface area contributed by atoms with Crippen LogP contribution in [0, 0.1) is 9.49 Å². The number of carbonyl (C=O) groups is 2. The van der Waals surface area contributed by atoms with Crippen LogP contribution in [0.2, 0.25) is 0 Å². The first-order valence-corrected chi connectivity index (χ1v) is 12.7. The number of nitrogens with two attached hydrogens (primary N) is 1. The summed E-state index contributed by atoms with van der Waals surface area (Å²) in [5.74, 6) is -0.782. The summed E-state index contributed by atoms with van der Waals surface area (Å²) in [7, 11) is -2.52. The summed E-state index contributed by atoms with van der Waals surface area (Å²) in [6.45, 7) is 0.0859. The standard InChI is InChI=1S/C20H28IN3O5S/c1-29-20(26)17-11-15(23-30(27,28)16-9-7-14(21)8-10-16)12-24(17)19(25)18(22)13-5-3-2-4-6-13/h7-10,13,15,17-18,23H,2-6,11-12,22H2,1H3/t15-,17+,18+/m1/s1. The van der Waals surface area contributed by atoms with E-state index in [-0.39, 0.29) is 29.7 Å². The molecule has 1 aliphatic heterocycles. The van der Waals surface area contributed by atoms with Crippen LogP contribution in [0.5, 0.6) is 0 Å². The Labute approximate surface area is 191 Å². The molecule has 1 aromatic rings. The smallest absolute Gasteiger partial charge is 0.328 e. The number of amides is 1. The predicted molar refractivity (Wildman–Crippen MR) is 120 cm³/mol. The fourth-order valence-electron chi connectivity index (χ4n) is 4.31. The van der Waals surface area contributed by atoms with Crippen molar-refractivity contribution in [3.05, 3.63) is 27.8 Å². The van der Waals surface area contributed by atoms with Gasteiger partial charge in [-0.2, -0.15) is 0 Å². The Morgan fingerprint density at radius 1 is 1.20 bits per heavy atom. The Hall–Kier alpha value is -1.24. The first-order valence-electron chi connectivity index (χ1n) is 10.1. The van der Waals surface area contributed by atoms with Crippen molar-refractivity contribution in [1.29, 1.82) is 0 Å². The highest BCUT2D eigenvalue weighted by atomic mass is 127. The summed E-state index contributed by atoms with van der Waals surface area (Å²) in [6.07, 6.45) is 5.18. The zero-order valence-electron chi connectivity index (χ0n) is 16.9. The van der Waals surface area contributed by atoms with Crippen molar-refractivity contribution < 1.29 is 22.7 Å². The van der Waals surface area contributed by atoms with E-state index in [1.165, 1.54) is 24.1 Å². The number of sulfonamides is 1. The fourth-order valence-corrected chi connectivity index (χ4v) is 5.91. The van der Waals surface area contributed by atoms with Crippen LogP contribution in [0.4, 0.5) is 0 Å². The van der Waals surface area contributed by atoms with Gasteiger partial charge in [-0.25, -0.2) is 17.9 Å². The van der Waals surface area contributed by atoms with Gasteiger partial charge in [0.2, 0.25) is 15.9 Å². The highest BCUT2D eigenvalue weighted by molar-refractivity contribution is 14.1. The van der Waals surface area contributed by atoms with Crippen molar-refractivity contribution in [2.45, 2.75) is 61.5 Å². The molecule has 1 amide bonds. The van der Waals surface area contributed by atoms with Gasteiger partial charge in [0, 0.05) is 16.2 Å². The van der Waals surface area contributed by atoms with Gasteiger partial charge in [-0.3, -0.25) is 4.79 Å². The number of hydrogen-bond donors (Lipinski definition) is 2. The second-order valence-electron chi connectivity index (χ2n) is 7.96. The molecule has 0 bridgehead atoms. The maximum Gasteiger partial charge on any atom is 0.328 e. The fraction of sp³-hybridized carbons (Fsp3) is 0.600. The maximum absolute atomic E-state index is 13.1. The SMILES string of the molecule is COC(=O)[C@@H]1C[C@@H](NS(=O)(=O)c2ccc(I)cc2)CN1C(=O)[C@@H](N)C1CCCCC1. The largest absolute Gasteiger partial charge is 0.467 e. The van der Waals surface area contributed by atoms with Crippen LogP contribution >= 0.6 is 22.6 Å². The van der Waals surface area contributed by atoms with Crippen LogP contribution in [-0.2, 0) is 24.3 Å². The Kier molecular flexibility index (Phi) is 7.75. The van der Waals surface area contributed by atoms with Crippen LogP contribution in [0.15, 0.2) is 29.2 Å². The third-order valence-corrected chi connectivity index (χ3v) is 8.20. The van der Waals surface area contributed by atoms with Crippen LogP contribution in [-0.4, -0.2) is 57.0 Å². The molecular formula is C20H28IN3O5S. The second kappa shape index (κ2) is 9.92. The normalized spacial score (nSPS) is 23.9. The van der Waals surface area contributed by atoms with Crippen molar-refractivity contribution in [1.82, 2.24) is 9.62 Å².